The van der Waals surface area contributed by atoms with E-state index in [-0.39, 0.29) is 22.8 Å². The molecule has 33 heavy (non-hydrogen) atoms. The molecule has 0 saturated carbocycles. The second-order valence-corrected chi connectivity index (χ2v) is 10.8. The van der Waals surface area contributed by atoms with Gasteiger partial charge in [-0.1, -0.05) is 35.9 Å². The Morgan fingerprint density at radius 2 is 1.64 bits per heavy atom. The Labute approximate surface area is 197 Å². The van der Waals surface area contributed by atoms with Crippen LogP contribution in [0, 0.1) is 6.92 Å². The molecule has 0 unspecified atom stereocenters. The van der Waals surface area contributed by atoms with Gasteiger partial charge in [-0.15, -0.1) is 11.3 Å². The predicted octanol–water partition coefficient (Wildman–Crippen LogP) is 3.89. The fourth-order valence-electron chi connectivity index (χ4n) is 3.74. The van der Waals surface area contributed by atoms with Gasteiger partial charge in [-0.2, -0.15) is 4.31 Å². The third-order valence-corrected chi connectivity index (χ3v) is 8.39. The molecule has 7 nitrogen and oxygen atoms in total. The van der Waals surface area contributed by atoms with Crippen LogP contribution >= 0.6 is 11.3 Å². The van der Waals surface area contributed by atoms with Gasteiger partial charge in [0.05, 0.1) is 21.0 Å². The quantitative estimate of drug-likeness (QED) is 0.556. The molecule has 0 spiro atoms. The maximum atomic E-state index is 12.9. The molecule has 1 aliphatic rings. The highest BCUT2D eigenvalue weighted by molar-refractivity contribution is 7.89. The van der Waals surface area contributed by atoms with Crippen LogP contribution < -0.4 is 10.6 Å². The number of aryl methyl sites for hydroxylation is 1. The van der Waals surface area contributed by atoms with Gasteiger partial charge >= 0.3 is 0 Å². The molecular weight excluding hydrogens is 458 g/mol. The number of carbonyl (C=O) groups is 2. The molecule has 1 aliphatic heterocycles. The van der Waals surface area contributed by atoms with Crippen LogP contribution in [0.2, 0.25) is 0 Å². The molecule has 2 aromatic carbocycles. The standard InChI is InChI=1S/C24H25N3O4S2/c1-17-8-10-19(11-9-17)33(30,31)27-14-12-18(13-15-27)25-23(28)20-5-2-3-6-21(20)26-24(29)22-7-4-16-32-22/h2-11,16,18H,12-15H2,1H3,(H,25,28)(H,26,29). The van der Waals surface area contributed by atoms with Gasteiger partial charge in [-0.25, -0.2) is 8.42 Å². The summed E-state index contributed by atoms with van der Waals surface area (Å²) in [5, 5.41) is 7.62. The Morgan fingerprint density at radius 3 is 2.30 bits per heavy atom. The van der Waals surface area contributed by atoms with E-state index in [2.05, 4.69) is 10.6 Å². The van der Waals surface area contributed by atoms with Crippen molar-refractivity contribution in [3.63, 3.8) is 0 Å². The SMILES string of the molecule is Cc1ccc(S(=O)(=O)N2CCC(NC(=O)c3ccccc3NC(=O)c3cccs3)CC2)cc1. The van der Waals surface area contributed by atoms with E-state index in [1.165, 1.54) is 15.6 Å². The van der Waals surface area contributed by atoms with Crippen molar-refractivity contribution >= 4 is 38.9 Å². The lowest BCUT2D eigenvalue weighted by atomic mass is 10.1. The zero-order chi connectivity index (χ0) is 23.4. The molecule has 4 rings (SSSR count). The molecule has 0 aliphatic carbocycles. The van der Waals surface area contributed by atoms with E-state index in [4.69, 9.17) is 0 Å². The number of nitrogens with zero attached hydrogens (tertiary/aromatic N) is 1. The maximum Gasteiger partial charge on any atom is 0.265 e. The molecule has 1 fully saturated rings. The van der Waals surface area contributed by atoms with E-state index in [1.807, 2.05) is 12.3 Å². The van der Waals surface area contributed by atoms with Gasteiger partial charge in [0, 0.05) is 19.1 Å². The van der Waals surface area contributed by atoms with Crippen LogP contribution in [0.25, 0.3) is 0 Å². The summed E-state index contributed by atoms with van der Waals surface area (Å²) < 4.78 is 27.3. The van der Waals surface area contributed by atoms with Gasteiger partial charge in [-0.3, -0.25) is 9.59 Å². The van der Waals surface area contributed by atoms with E-state index in [1.54, 1.807) is 60.7 Å². The first-order valence-electron chi connectivity index (χ1n) is 10.7. The second-order valence-electron chi connectivity index (χ2n) is 7.94. The molecule has 3 aromatic rings. The summed E-state index contributed by atoms with van der Waals surface area (Å²) >= 11 is 1.33. The van der Waals surface area contributed by atoms with E-state index >= 15 is 0 Å². The lowest BCUT2D eigenvalue weighted by Gasteiger charge is -2.31. The third kappa shape index (κ3) is 5.32. The average molecular weight is 484 g/mol. The van der Waals surface area contributed by atoms with Crippen LogP contribution in [0.5, 0.6) is 0 Å². The third-order valence-electron chi connectivity index (χ3n) is 5.61. The number of hydrogen-bond donors (Lipinski definition) is 2. The molecule has 0 bridgehead atoms. The molecule has 0 radical (unpaired) electrons. The maximum absolute atomic E-state index is 12.9. The minimum Gasteiger partial charge on any atom is -0.349 e. The molecule has 1 aromatic heterocycles. The highest BCUT2D eigenvalue weighted by Crippen LogP contribution is 2.23. The van der Waals surface area contributed by atoms with Crippen molar-refractivity contribution < 1.29 is 18.0 Å². The Hall–Kier alpha value is -3.01. The molecule has 2 heterocycles. The van der Waals surface area contributed by atoms with E-state index in [0.717, 1.165) is 5.56 Å². The largest absolute Gasteiger partial charge is 0.349 e. The average Bonchev–Trinajstić information content (AvgIpc) is 3.35. The molecule has 9 heteroatoms. The number of hydrogen-bond acceptors (Lipinski definition) is 5. The summed E-state index contributed by atoms with van der Waals surface area (Å²) in [6.45, 7) is 2.58. The van der Waals surface area contributed by atoms with Gasteiger partial charge in [0.2, 0.25) is 10.0 Å². The summed E-state index contributed by atoms with van der Waals surface area (Å²) in [6.07, 6.45) is 1.03. The van der Waals surface area contributed by atoms with Crippen LogP contribution in [-0.4, -0.2) is 43.7 Å². The van der Waals surface area contributed by atoms with Gasteiger partial charge in [0.15, 0.2) is 0 Å². The zero-order valence-corrected chi connectivity index (χ0v) is 19.8. The van der Waals surface area contributed by atoms with Crippen molar-refractivity contribution in [2.24, 2.45) is 0 Å². The molecule has 1 saturated heterocycles. The monoisotopic (exact) mass is 483 g/mol. The summed E-state index contributed by atoms with van der Waals surface area (Å²) in [7, 11) is -3.55. The van der Waals surface area contributed by atoms with E-state index in [9.17, 15) is 18.0 Å². The highest BCUT2D eigenvalue weighted by atomic mass is 32.2. The molecule has 0 atom stereocenters. The molecule has 2 N–H and O–H groups in total. The zero-order valence-electron chi connectivity index (χ0n) is 18.2. The summed E-state index contributed by atoms with van der Waals surface area (Å²) in [5.74, 6) is -0.559. The van der Waals surface area contributed by atoms with Crippen molar-refractivity contribution in [1.82, 2.24) is 9.62 Å². The number of para-hydroxylation sites is 1. The van der Waals surface area contributed by atoms with Crippen molar-refractivity contribution in [1.29, 1.82) is 0 Å². The fourth-order valence-corrected chi connectivity index (χ4v) is 5.83. The number of nitrogens with one attached hydrogen (secondary N) is 2. The Bertz CT molecular complexity index is 1230. The number of thiophene rings is 1. The lowest BCUT2D eigenvalue weighted by Crippen LogP contribution is -2.46. The molecule has 2 amide bonds. The van der Waals surface area contributed by atoms with Crippen molar-refractivity contribution in [2.45, 2.75) is 30.7 Å². The second kappa shape index (κ2) is 9.86. The molecular formula is C24H25N3O4S2. The van der Waals surface area contributed by atoms with Crippen LogP contribution in [0.4, 0.5) is 5.69 Å². The van der Waals surface area contributed by atoms with Gasteiger partial charge < -0.3 is 10.6 Å². The topological polar surface area (TPSA) is 95.6 Å². The number of carbonyl (C=O) groups excluding carboxylic acids is 2. The number of sulfonamides is 1. The van der Waals surface area contributed by atoms with Crippen molar-refractivity contribution in [3.05, 3.63) is 82.0 Å². The minimum atomic E-state index is -3.55. The van der Waals surface area contributed by atoms with Crippen LogP contribution in [0.3, 0.4) is 0 Å². The summed E-state index contributed by atoms with van der Waals surface area (Å²) in [6, 6.07) is 17.0. The first-order valence-corrected chi connectivity index (χ1v) is 13.0. The number of anilines is 1. The van der Waals surface area contributed by atoms with E-state index < -0.39 is 10.0 Å². The fraction of sp³-hybridized carbons (Fsp3) is 0.250. The highest BCUT2D eigenvalue weighted by Gasteiger charge is 2.30. The number of rotatable bonds is 6. The smallest absolute Gasteiger partial charge is 0.265 e. The van der Waals surface area contributed by atoms with Crippen LogP contribution in [0.15, 0.2) is 70.9 Å². The summed E-state index contributed by atoms with van der Waals surface area (Å²) in [4.78, 5) is 26.2. The van der Waals surface area contributed by atoms with Gasteiger partial charge in [0.25, 0.3) is 11.8 Å². The Balaban J connectivity index is 1.38. The number of amides is 2. The summed E-state index contributed by atoms with van der Waals surface area (Å²) in [5.41, 5.74) is 1.81. The van der Waals surface area contributed by atoms with Crippen molar-refractivity contribution in [2.75, 3.05) is 18.4 Å². The first-order chi connectivity index (χ1) is 15.8. The van der Waals surface area contributed by atoms with Gasteiger partial charge in [0.1, 0.15) is 0 Å². The number of piperidine rings is 1. The lowest BCUT2D eigenvalue weighted by molar-refractivity contribution is 0.0924. The van der Waals surface area contributed by atoms with Crippen LogP contribution in [-0.2, 0) is 10.0 Å². The van der Waals surface area contributed by atoms with Gasteiger partial charge in [-0.05, 0) is 55.5 Å². The Morgan fingerprint density at radius 1 is 0.939 bits per heavy atom. The first kappa shape index (κ1) is 23.2. The number of benzene rings is 2. The van der Waals surface area contributed by atoms with E-state index in [0.29, 0.717) is 42.1 Å². The molecule has 172 valence electrons. The predicted molar refractivity (Wildman–Crippen MR) is 129 cm³/mol. The Kier molecular flexibility index (Phi) is 6.92. The van der Waals surface area contributed by atoms with Crippen LogP contribution in [0.1, 0.15) is 38.4 Å². The normalized spacial score (nSPS) is 15.2. The minimum absolute atomic E-state index is 0.150. The van der Waals surface area contributed by atoms with Crippen molar-refractivity contribution in [3.8, 4) is 0 Å².